The van der Waals surface area contributed by atoms with E-state index in [1.165, 1.54) is 44.0 Å². The summed E-state index contributed by atoms with van der Waals surface area (Å²) in [5.74, 6) is 0. The van der Waals surface area contributed by atoms with E-state index in [4.69, 9.17) is 0 Å². The van der Waals surface area contributed by atoms with Gasteiger partial charge in [0.25, 0.3) is 0 Å². The molecule has 1 heteroatoms. The molecule has 0 unspecified atom stereocenters. The summed E-state index contributed by atoms with van der Waals surface area (Å²) in [6, 6.07) is 26.1. The van der Waals surface area contributed by atoms with Crippen molar-refractivity contribution in [2.45, 2.75) is 6.42 Å². The molecule has 4 aromatic carbocycles. The molecular formula is C26H21N. The first-order valence-corrected chi connectivity index (χ1v) is 9.42. The van der Waals surface area contributed by atoms with Gasteiger partial charge in [0, 0.05) is 18.4 Å². The van der Waals surface area contributed by atoms with E-state index in [0.717, 1.165) is 6.42 Å². The number of nitrogens with zero attached hydrogens (tertiary/aromatic N) is 1. The topological polar surface area (TPSA) is 3.24 Å². The van der Waals surface area contributed by atoms with Crippen molar-refractivity contribution in [3.8, 4) is 0 Å². The molecule has 27 heavy (non-hydrogen) atoms. The van der Waals surface area contributed by atoms with E-state index in [2.05, 4.69) is 109 Å². The molecule has 0 saturated carbocycles. The third-order valence-electron chi connectivity index (χ3n) is 5.52. The molecule has 0 saturated heterocycles. The lowest BCUT2D eigenvalue weighted by molar-refractivity contribution is 1.21. The molecule has 1 nitrogen and oxygen atoms in total. The average Bonchev–Trinajstić information content (AvgIpc) is 3.00. The zero-order valence-electron chi connectivity index (χ0n) is 15.4. The molecule has 1 aliphatic carbocycles. The highest BCUT2D eigenvalue weighted by atomic mass is 15.1. The first-order chi connectivity index (χ1) is 13.3. The number of para-hydroxylation sites is 1. The van der Waals surface area contributed by atoms with Crippen molar-refractivity contribution < 1.29 is 0 Å². The van der Waals surface area contributed by atoms with Crippen LogP contribution in [0, 0.1) is 0 Å². The maximum atomic E-state index is 2.35. The van der Waals surface area contributed by atoms with Crippen molar-refractivity contribution in [3.05, 3.63) is 102 Å². The first kappa shape index (κ1) is 15.9. The summed E-state index contributed by atoms with van der Waals surface area (Å²) in [4.78, 5) is 2.25. The molecule has 130 valence electrons. The van der Waals surface area contributed by atoms with E-state index in [-0.39, 0.29) is 0 Å². The molecular weight excluding hydrogens is 326 g/mol. The number of anilines is 2. The Morgan fingerprint density at radius 2 is 1.41 bits per heavy atom. The van der Waals surface area contributed by atoms with Crippen molar-refractivity contribution in [2.24, 2.45) is 0 Å². The van der Waals surface area contributed by atoms with Crippen LogP contribution in [-0.2, 0) is 6.42 Å². The Hall–Kier alpha value is -3.32. The monoisotopic (exact) mass is 347 g/mol. The van der Waals surface area contributed by atoms with Gasteiger partial charge in [-0.05, 0) is 63.4 Å². The Kier molecular flexibility index (Phi) is 3.79. The molecule has 0 fully saturated rings. The molecule has 0 heterocycles. The second-order valence-electron chi connectivity index (χ2n) is 7.05. The molecule has 0 atom stereocenters. The summed E-state index contributed by atoms with van der Waals surface area (Å²) < 4.78 is 0. The lowest BCUT2D eigenvalue weighted by Crippen LogP contribution is -2.09. The predicted molar refractivity (Wildman–Crippen MR) is 118 cm³/mol. The number of benzene rings is 4. The molecule has 0 radical (unpaired) electrons. The quantitative estimate of drug-likeness (QED) is 0.357. The van der Waals surface area contributed by atoms with Gasteiger partial charge in [-0.15, -0.1) is 0 Å². The predicted octanol–water partition coefficient (Wildman–Crippen LogP) is 6.89. The van der Waals surface area contributed by atoms with Gasteiger partial charge in [-0.25, -0.2) is 0 Å². The highest BCUT2D eigenvalue weighted by Gasteiger charge is 2.14. The van der Waals surface area contributed by atoms with Crippen LogP contribution in [0.15, 0.2) is 91.0 Å². The van der Waals surface area contributed by atoms with Crippen LogP contribution in [-0.4, -0.2) is 7.05 Å². The zero-order valence-corrected chi connectivity index (χ0v) is 15.4. The van der Waals surface area contributed by atoms with Gasteiger partial charge in [0.2, 0.25) is 0 Å². The van der Waals surface area contributed by atoms with E-state index < -0.39 is 0 Å². The van der Waals surface area contributed by atoms with E-state index in [1.54, 1.807) is 0 Å². The molecule has 1 aliphatic rings. The molecule has 4 aromatic rings. The molecule has 0 aliphatic heterocycles. The zero-order chi connectivity index (χ0) is 18.2. The fourth-order valence-electron chi connectivity index (χ4n) is 4.11. The number of hydrogen-bond acceptors (Lipinski definition) is 1. The van der Waals surface area contributed by atoms with Gasteiger partial charge >= 0.3 is 0 Å². The van der Waals surface area contributed by atoms with Gasteiger partial charge in [0.15, 0.2) is 0 Å². The lowest BCUT2D eigenvalue weighted by atomic mass is 9.90. The molecule has 0 bridgehead atoms. The maximum Gasteiger partial charge on any atom is 0.0414 e. The number of rotatable bonds is 2. The van der Waals surface area contributed by atoms with Crippen LogP contribution in [0.5, 0.6) is 0 Å². The van der Waals surface area contributed by atoms with E-state index in [0.29, 0.717) is 0 Å². The van der Waals surface area contributed by atoms with E-state index in [1.807, 2.05) is 0 Å². The minimum Gasteiger partial charge on any atom is -0.345 e. The fourth-order valence-corrected chi connectivity index (χ4v) is 4.11. The van der Waals surface area contributed by atoms with Crippen LogP contribution in [0.1, 0.15) is 11.1 Å². The molecule has 0 aromatic heterocycles. The Labute approximate surface area is 159 Å². The Bertz CT molecular complexity index is 1200. The number of allylic oxidation sites excluding steroid dienone is 3. The van der Waals surface area contributed by atoms with Gasteiger partial charge in [-0.3, -0.25) is 0 Å². The lowest BCUT2D eigenvalue weighted by Gasteiger charge is -2.21. The highest BCUT2D eigenvalue weighted by molar-refractivity contribution is 6.13. The normalized spacial score (nSPS) is 12.9. The van der Waals surface area contributed by atoms with Crippen LogP contribution < -0.4 is 4.90 Å². The maximum absolute atomic E-state index is 2.35. The summed E-state index contributed by atoms with van der Waals surface area (Å²) in [5.41, 5.74) is 5.17. The largest absolute Gasteiger partial charge is 0.345 e. The van der Waals surface area contributed by atoms with E-state index in [9.17, 15) is 0 Å². The van der Waals surface area contributed by atoms with Gasteiger partial charge in [-0.1, -0.05) is 72.8 Å². The second kappa shape index (κ2) is 6.44. The summed E-state index contributed by atoms with van der Waals surface area (Å²) in [6.45, 7) is 0. The fraction of sp³-hybridized carbons (Fsp3) is 0.0769. The molecule has 0 spiro atoms. The van der Waals surface area contributed by atoms with E-state index >= 15 is 0 Å². The minimum atomic E-state index is 0.960. The SMILES string of the molecule is CN(c1ccccc1)c1ccc2c(c1)c1c(c3ccccc32)C=CC=CC1. The van der Waals surface area contributed by atoms with Crippen LogP contribution in [0.4, 0.5) is 11.4 Å². The third kappa shape index (κ3) is 2.63. The van der Waals surface area contributed by atoms with Crippen molar-refractivity contribution in [2.75, 3.05) is 11.9 Å². The second-order valence-corrected chi connectivity index (χ2v) is 7.05. The van der Waals surface area contributed by atoms with Crippen molar-refractivity contribution in [1.29, 1.82) is 0 Å². The summed E-state index contributed by atoms with van der Waals surface area (Å²) in [5, 5.41) is 5.34. The molecule has 5 rings (SSSR count). The first-order valence-electron chi connectivity index (χ1n) is 9.42. The molecule has 0 N–H and O–H groups in total. The third-order valence-corrected chi connectivity index (χ3v) is 5.52. The standard InChI is InChI=1S/C26H21N/c1-27(19-10-4-2-5-11-19)20-16-17-25-23-15-9-8-14-21(23)22-12-6-3-7-13-24(22)26(25)18-20/h2-12,14-18H,13H2,1H3. The van der Waals surface area contributed by atoms with Crippen LogP contribution in [0.3, 0.4) is 0 Å². The van der Waals surface area contributed by atoms with Crippen LogP contribution in [0.2, 0.25) is 0 Å². The smallest absolute Gasteiger partial charge is 0.0414 e. The number of hydrogen-bond donors (Lipinski definition) is 0. The summed E-state index contributed by atoms with van der Waals surface area (Å²) in [7, 11) is 2.13. The Balaban J connectivity index is 1.80. The van der Waals surface area contributed by atoms with Crippen molar-refractivity contribution >= 4 is 39.0 Å². The van der Waals surface area contributed by atoms with Gasteiger partial charge in [-0.2, -0.15) is 0 Å². The summed E-state index contributed by atoms with van der Waals surface area (Å²) in [6.07, 6.45) is 9.78. The van der Waals surface area contributed by atoms with Gasteiger partial charge < -0.3 is 4.90 Å². The number of fused-ring (bicyclic) bond motifs is 6. The Morgan fingerprint density at radius 1 is 0.667 bits per heavy atom. The van der Waals surface area contributed by atoms with Crippen LogP contribution >= 0.6 is 0 Å². The van der Waals surface area contributed by atoms with Gasteiger partial charge in [0.1, 0.15) is 0 Å². The van der Waals surface area contributed by atoms with Crippen LogP contribution in [0.25, 0.3) is 27.6 Å². The van der Waals surface area contributed by atoms with Crippen molar-refractivity contribution in [3.63, 3.8) is 0 Å². The highest BCUT2D eigenvalue weighted by Crippen LogP contribution is 2.37. The summed E-state index contributed by atoms with van der Waals surface area (Å²) >= 11 is 0. The average molecular weight is 347 g/mol. The Morgan fingerprint density at radius 3 is 2.26 bits per heavy atom. The minimum absolute atomic E-state index is 0.960. The molecule has 0 amide bonds. The van der Waals surface area contributed by atoms with Crippen molar-refractivity contribution in [1.82, 2.24) is 0 Å². The van der Waals surface area contributed by atoms with Gasteiger partial charge in [0.05, 0.1) is 0 Å².